The molecular formula is C4H2ClO2. The zero-order valence-electron chi connectivity index (χ0n) is 3.35. The first-order chi connectivity index (χ1) is 3.27. The fourth-order valence-corrected chi connectivity index (χ4v) is 0.163. The Bertz CT molecular complexity index is 106. The fourth-order valence-electron chi connectivity index (χ4n) is 0.0995. The van der Waals surface area contributed by atoms with Crippen LogP contribution < -0.4 is 0 Å². The molecule has 0 aliphatic rings. The summed E-state index contributed by atoms with van der Waals surface area (Å²) in [4.78, 5) is 19.0. The molecule has 0 aromatic rings. The van der Waals surface area contributed by atoms with E-state index in [2.05, 4.69) is 0 Å². The van der Waals surface area contributed by atoms with Crippen LogP contribution in [0.15, 0.2) is 12.2 Å². The lowest BCUT2D eigenvalue weighted by atomic mass is 10.6. The van der Waals surface area contributed by atoms with Crippen LogP contribution >= 0.6 is 11.6 Å². The molecule has 0 unspecified atom stereocenters. The van der Waals surface area contributed by atoms with Gasteiger partial charge in [-0.1, -0.05) is 0 Å². The summed E-state index contributed by atoms with van der Waals surface area (Å²) in [6.07, 6.45) is 3.20. The number of rotatable bonds is 2. The van der Waals surface area contributed by atoms with Crippen molar-refractivity contribution in [2.24, 2.45) is 0 Å². The van der Waals surface area contributed by atoms with E-state index in [1.807, 2.05) is 0 Å². The third kappa shape index (κ3) is 5.37. The van der Waals surface area contributed by atoms with Crippen molar-refractivity contribution >= 4 is 23.1 Å². The summed E-state index contributed by atoms with van der Waals surface area (Å²) in [7, 11) is 0. The molecule has 37 valence electrons. The van der Waals surface area contributed by atoms with E-state index in [4.69, 9.17) is 11.6 Å². The Morgan fingerprint density at radius 3 is 2.43 bits per heavy atom. The Hall–Kier alpha value is -0.630. The van der Waals surface area contributed by atoms with E-state index in [9.17, 15) is 9.59 Å². The van der Waals surface area contributed by atoms with E-state index in [1.165, 1.54) is 6.29 Å². The molecule has 0 saturated carbocycles. The largest absolute Gasteiger partial charge is 0.286 e. The zero-order chi connectivity index (χ0) is 5.70. The topological polar surface area (TPSA) is 34.1 Å². The van der Waals surface area contributed by atoms with E-state index < -0.39 is 5.24 Å². The van der Waals surface area contributed by atoms with Gasteiger partial charge in [0.25, 0.3) is 0 Å². The summed E-state index contributed by atoms with van der Waals surface area (Å²) in [5.74, 6) is 0. The highest BCUT2D eigenvalue weighted by Crippen LogP contribution is 1.78. The normalized spacial score (nSPS) is 9.29. The lowest BCUT2D eigenvalue weighted by molar-refractivity contribution is -0.107. The van der Waals surface area contributed by atoms with Crippen molar-refractivity contribution in [2.45, 2.75) is 0 Å². The van der Waals surface area contributed by atoms with Crippen molar-refractivity contribution in [1.29, 1.82) is 0 Å². The van der Waals surface area contributed by atoms with Gasteiger partial charge < -0.3 is 0 Å². The molecule has 0 saturated heterocycles. The summed E-state index contributed by atoms with van der Waals surface area (Å²) >= 11 is 4.75. The molecule has 7 heavy (non-hydrogen) atoms. The Morgan fingerprint density at radius 2 is 2.29 bits per heavy atom. The molecule has 0 fully saturated rings. The molecule has 2 nitrogen and oxygen atoms in total. The van der Waals surface area contributed by atoms with Crippen LogP contribution in [-0.4, -0.2) is 11.5 Å². The van der Waals surface area contributed by atoms with E-state index in [0.29, 0.717) is 0 Å². The molecule has 3 heteroatoms. The van der Waals surface area contributed by atoms with Gasteiger partial charge in [-0.2, -0.15) is 0 Å². The minimum absolute atomic E-state index is 0.664. The third-order valence-corrected chi connectivity index (χ3v) is 0.408. The SMILES string of the molecule is O=[C]C=CC(=O)Cl. The van der Waals surface area contributed by atoms with E-state index in [-0.39, 0.29) is 0 Å². The first-order valence-corrected chi connectivity index (χ1v) is 1.89. The van der Waals surface area contributed by atoms with Crippen molar-refractivity contribution in [1.82, 2.24) is 0 Å². The van der Waals surface area contributed by atoms with Crippen LogP contribution in [-0.2, 0) is 9.59 Å². The second-order valence-corrected chi connectivity index (χ2v) is 1.13. The molecule has 0 aromatic carbocycles. The average Bonchev–Trinajstić information content (AvgIpc) is 1.61. The highest BCUT2D eigenvalue weighted by atomic mass is 35.5. The van der Waals surface area contributed by atoms with Gasteiger partial charge in [-0.15, -0.1) is 0 Å². The van der Waals surface area contributed by atoms with Gasteiger partial charge in [0.1, 0.15) is 0 Å². The molecule has 0 aliphatic heterocycles. The van der Waals surface area contributed by atoms with Crippen LogP contribution in [0, 0.1) is 0 Å². The van der Waals surface area contributed by atoms with E-state index in [1.54, 1.807) is 0 Å². The van der Waals surface area contributed by atoms with Gasteiger partial charge in [-0.05, 0) is 17.7 Å². The van der Waals surface area contributed by atoms with Gasteiger partial charge in [0, 0.05) is 6.08 Å². The first-order valence-electron chi connectivity index (χ1n) is 1.51. The number of hydrogen-bond donors (Lipinski definition) is 0. The van der Waals surface area contributed by atoms with Gasteiger partial charge in [0.15, 0.2) is 0 Å². The summed E-state index contributed by atoms with van der Waals surface area (Å²) in [6.45, 7) is 0. The Labute approximate surface area is 45.8 Å². The van der Waals surface area contributed by atoms with Gasteiger partial charge in [-0.25, -0.2) is 0 Å². The average molecular weight is 118 g/mol. The summed E-state index contributed by atoms with van der Waals surface area (Å²) in [5, 5.41) is -0.664. The highest BCUT2D eigenvalue weighted by Gasteiger charge is 1.80. The maximum absolute atomic E-state index is 9.70. The molecular weight excluding hydrogens is 115 g/mol. The smallest absolute Gasteiger partial charge is 0.245 e. The highest BCUT2D eigenvalue weighted by molar-refractivity contribution is 6.66. The number of allylic oxidation sites excluding steroid dienone is 2. The van der Waals surface area contributed by atoms with E-state index in [0.717, 1.165) is 12.2 Å². The lowest BCUT2D eigenvalue weighted by Gasteiger charge is -1.64. The van der Waals surface area contributed by atoms with Crippen molar-refractivity contribution in [3.05, 3.63) is 12.2 Å². The number of carbonyl (C=O) groups excluding carboxylic acids is 2. The monoisotopic (exact) mass is 117 g/mol. The first kappa shape index (κ1) is 6.37. The maximum Gasteiger partial charge on any atom is 0.245 e. The molecule has 0 spiro atoms. The molecule has 0 heterocycles. The van der Waals surface area contributed by atoms with Gasteiger partial charge in [0.05, 0.1) is 0 Å². The van der Waals surface area contributed by atoms with Crippen molar-refractivity contribution in [3.8, 4) is 0 Å². The van der Waals surface area contributed by atoms with Gasteiger partial charge >= 0.3 is 0 Å². The molecule has 0 aliphatic carbocycles. The molecule has 0 rings (SSSR count). The molecule has 0 atom stereocenters. The fraction of sp³-hybridized carbons (Fsp3) is 0. The second kappa shape index (κ2) is 3.56. The van der Waals surface area contributed by atoms with Crippen LogP contribution in [0.25, 0.3) is 0 Å². The van der Waals surface area contributed by atoms with E-state index >= 15 is 0 Å². The minimum Gasteiger partial charge on any atom is -0.286 e. The number of carbonyl (C=O) groups is 1. The summed E-state index contributed by atoms with van der Waals surface area (Å²) in [5.41, 5.74) is 0. The van der Waals surface area contributed by atoms with Crippen molar-refractivity contribution < 1.29 is 9.59 Å². The minimum atomic E-state index is -0.664. The predicted octanol–water partition coefficient (Wildman–Crippen LogP) is 0.418. The maximum atomic E-state index is 9.70. The quantitative estimate of drug-likeness (QED) is 0.388. The van der Waals surface area contributed by atoms with Crippen LogP contribution in [0.1, 0.15) is 0 Å². The van der Waals surface area contributed by atoms with Gasteiger partial charge in [-0.3, -0.25) is 9.59 Å². The van der Waals surface area contributed by atoms with Crippen LogP contribution in [0.3, 0.4) is 0 Å². The molecule has 0 N–H and O–H groups in total. The van der Waals surface area contributed by atoms with Gasteiger partial charge in [0.2, 0.25) is 11.5 Å². The molecule has 0 bridgehead atoms. The predicted molar refractivity (Wildman–Crippen MR) is 25.7 cm³/mol. The standard InChI is InChI=1S/C4H2ClO2/c5-4(7)2-1-3-6/h1-2H. The Kier molecular flexibility index (Phi) is 3.24. The van der Waals surface area contributed by atoms with Crippen LogP contribution in [0.5, 0.6) is 0 Å². The molecule has 0 aromatic heterocycles. The second-order valence-electron chi connectivity index (χ2n) is 0.755. The van der Waals surface area contributed by atoms with Crippen LogP contribution in [0.2, 0.25) is 0 Å². The summed E-state index contributed by atoms with van der Waals surface area (Å²) in [6, 6.07) is 0. The Balaban J connectivity index is 3.46. The molecule has 1 radical (unpaired) electrons. The van der Waals surface area contributed by atoms with Crippen molar-refractivity contribution in [3.63, 3.8) is 0 Å². The Morgan fingerprint density at radius 1 is 1.71 bits per heavy atom. The van der Waals surface area contributed by atoms with Crippen LogP contribution in [0.4, 0.5) is 0 Å². The number of halogens is 1. The van der Waals surface area contributed by atoms with Crippen molar-refractivity contribution in [2.75, 3.05) is 0 Å². The summed E-state index contributed by atoms with van der Waals surface area (Å²) < 4.78 is 0. The zero-order valence-corrected chi connectivity index (χ0v) is 4.11. The molecule has 0 amide bonds. The number of hydrogen-bond acceptors (Lipinski definition) is 2. The third-order valence-electron chi connectivity index (χ3n) is 0.282. The lowest BCUT2D eigenvalue weighted by Crippen LogP contribution is -1.73.